The van der Waals surface area contributed by atoms with E-state index >= 15 is 0 Å². The Labute approximate surface area is 69.3 Å². The molecule has 0 aromatic rings. The minimum absolute atomic E-state index is 1.22. The molecule has 0 heteroatoms. The van der Waals surface area contributed by atoms with Crippen LogP contribution < -0.4 is 0 Å². The normalized spacial score (nSPS) is 16.9. The van der Waals surface area contributed by atoms with Crippen molar-refractivity contribution in [2.75, 3.05) is 0 Å². The van der Waals surface area contributed by atoms with Gasteiger partial charge in [0.2, 0.25) is 0 Å². The highest BCUT2D eigenvalue weighted by atomic mass is 14.1. The molecular weight excluding hydrogens is 132 g/mol. The van der Waals surface area contributed by atoms with Gasteiger partial charge < -0.3 is 0 Å². The summed E-state index contributed by atoms with van der Waals surface area (Å²) in [6, 6.07) is 0. The molecule has 0 saturated heterocycles. The molecule has 0 atom stereocenters. The van der Waals surface area contributed by atoms with Gasteiger partial charge in [0.05, 0.1) is 0 Å². The molecule has 1 aliphatic carbocycles. The summed E-state index contributed by atoms with van der Waals surface area (Å²) in [7, 11) is 0. The number of allylic oxidation sites excluding steroid dienone is 5. The number of hydrogen-bond donors (Lipinski definition) is 0. The molecule has 0 N–H and O–H groups in total. The van der Waals surface area contributed by atoms with Crippen LogP contribution in [-0.2, 0) is 0 Å². The third-order valence-corrected chi connectivity index (χ3v) is 2.01. The fourth-order valence-corrected chi connectivity index (χ4v) is 1.54. The van der Waals surface area contributed by atoms with E-state index in [2.05, 4.69) is 26.5 Å². The monoisotopic (exact) mass is 148 g/mol. The largest absolute Gasteiger partial charge is 0.0988 e. The van der Waals surface area contributed by atoms with Crippen molar-refractivity contribution in [2.45, 2.75) is 33.1 Å². The summed E-state index contributed by atoms with van der Waals surface area (Å²) in [5.41, 5.74) is 4.34. The first-order valence-electron chi connectivity index (χ1n) is 4.23. The van der Waals surface area contributed by atoms with Crippen LogP contribution in [0.2, 0.25) is 0 Å². The molecule has 0 saturated carbocycles. The van der Waals surface area contributed by atoms with E-state index in [-0.39, 0.29) is 0 Å². The van der Waals surface area contributed by atoms with Crippen molar-refractivity contribution in [3.63, 3.8) is 0 Å². The Morgan fingerprint density at radius 1 is 1.27 bits per heavy atom. The van der Waals surface area contributed by atoms with E-state index in [4.69, 9.17) is 0 Å². The predicted molar refractivity (Wildman–Crippen MR) is 50.5 cm³/mol. The van der Waals surface area contributed by atoms with Crippen molar-refractivity contribution in [1.82, 2.24) is 0 Å². The Hall–Kier alpha value is -0.780. The molecule has 0 spiro atoms. The molecule has 11 heavy (non-hydrogen) atoms. The SMILES string of the molecule is C=CC1=C(C=C(C)C)CCC1. The second-order valence-electron chi connectivity index (χ2n) is 3.33. The van der Waals surface area contributed by atoms with E-state index in [9.17, 15) is 0 Å². The summed E-state index contributed by atoms with van der Waals surface area (Å²) in [4.78, 5) is 0. The van der Waals surface area contributed by atoms with Crippen molar-refractivity contribution in [3.8, 4) is 0 Å². The Morgan fingerprint density at radius 2 is 1.91 bits per heavy atom. The van der Waals surface area contributed by atoms with Crippen molar-refractivity contribution < 1.29 is 0 Å². The lowest BCUT2D eigenvalue weighted by molar-refractivity contribution is 0.906. The third kappa shape index (κ3) is 2.07. The average molecular weight is 148 g/mol. The zero-order valence-electron chi connectivity index (χ0n) is 7.48. The molecule has 0 amide bonds. The van der Waals surface area contributed by atoms with Crippen LogP contribution in [0.25, 0.3) is 0 Å². The van der Waals surface area contributed by atoms with E-state index in [0.29, 0.717) is 0 Å². The van der Waals surface area contributed by atoms with Crippen LogP contribution in [0.15, 0.2) is 35.5 Å². The lowest BCUT2D eigenvalue weighted by Gasteiger charge is -1.96. The number of hydrogen-bond acceptors (Lipinski definition) is 0. The van der Waals surface area contributed by atoms with E-state index < -0.39 is 0 Å². The maximum Gasteiger partial charge on any atom is -0.0273 e. The first-order chi connectivity index (χ1) is 5.24. The molecule has 0 aromatic heterocycles. The highest BCUT2D eigenvalue weighted by Gasteiger charge is 2.08. The maximum atomic E-state index is 3.81. The molecule has 0 aromatic carbocycles. The molecule has 0 bridgehead atoms. The lowest BCUT2D eigenvalue weighted by Crippen LogP contribution is -1.76. The fourth-order valence-electron chi connectivity index (χ4n) is 1.54. The van der Waals surface area contributed by atoms with Gasteiger partial charge in [-0.25, -0.2) is 0 Å². The second-order valence-corrected chi connectivity index (χ2v) is 3.33. The zero-order valence-corrected chi connectivity index (χ0v) is 7.48. The molecule has 0 aliphatic heterocycles. The molecule has 0 unspecified atom stereocenters. The predicted octanol–water partition coefficient (Wildman–Crippen LogP) is 3.62. The zero-order chi connectivity index (χ0) is 8.27. The average Bonchev–Trinajstić information content (AvgIpc) is 2.34. The highest BCUT2D eigenvalue weighted by molar-refractivity contribution is 5.36. The van der Waals surface area contributed by atoms with Crippen LogP contribution in [0.4, 0.5) is 0 Å². The minimum atomic E-state index is 1.22. The van der Waals surface area contributed by atoms with Crippen LogP contribution in [0.5, 0.6) is 0 Å². The number of rotatable bonds is 2. The maximum absolute atomic E-state index is 3.81. The first-order valence-corrected chi connectivity index (χ1v) is 4.23. The molecule has 0 fully saturated rings. The van der Waals surface area contributed by atoms with Crippen molar-refractivity contribution in [1.29, 1.82) is 0 Å². The Balaban J connectivity index is 2.83. The molecule has 0 heterocycles. The Morgan fingerprint density at radius 3 is 2.45 bits per heavy atom. The Kier molecular flexibility index (Phi) is 2.70. The van der Waals surface area contributed by atoms with E-state index in [1.54, 1.807) is 0 Å². The van der Waals surface area contributed by atoms with Crippen molar-refractivity contribution >= 4 is 0 Å². The standard InChI is InChI=1S/C11H16/c1-4-10-6-5-7-11(10)8-9(2)3/h4,8H,1,5-7H2,2-3H3. The summed E-state index contributed by atoms with van der Waals surface area (Å²) in [5, 5.41) is 0. The summed E-state index contributed by atoms with van der Waals surface area (Å²) in [6.07, 6.45) is 8.06. The highest BCUT2D eigenvalue weighted by Crippen LogP contribution is 2.27. The third-order valence-electron chi connectivity index (χ3n) is 2.01. The van der Waals surface area contributed by atoms with Gasteiger partial charge in [-0.15, -0.1) is 0 Å². The smallest absolute Gasteiger partial charge is 0.0273 e. The summed E-state index contributed by atoms with van der Waals surface area (Å²) in [5.74, 6) is 0. The van der Waals surface area contributed by atoms with Gasteiger partial charge >= 0.3 is 0 Å². The van der Waals surface area contributed by atoms with Gasteiger partial charge in [0.15, 0.2) is 0 Å². The molecule has 60 valence electrons. The van der Waals surface area contributed by atoms with Gasteiger partial charge in [0.25, 0.3) is 0 Å². The second kappa shape index (κ2) is 3.56. The Bertz CT molecular complexity index is 212. The summed E-state index contributed by atoms with van der Waals surface area (Å²) < 4.78 is 0. The van der Waals surface area contributed by atoms with E-state index in [1.807, 2.05) is 6.08 Å². The van der Waals surface area contributed by atoms with Crippen LogP contribution in [0.1, 0.15) is 33.1 Å². The lowest BCUT2D eigenvalue weighted by atomic mass is 10.1. The quantitative estimate of drug-likeness (QED) is 0.561. The van der Waals surface area contributed by atoms with E-state index in [0.717, 1.165) is 0 Å². The minimum Gasteiger partial charge on any atom is -0.0988 e. The molecular formula is C11H16. The van der Waals surface area contributed by atoms with Crippen LogP contribution in [-0.4, -0.2) is 0 Å². The van der Waals surface area contributed by atoms with Gasteiger partial charge in [-0.2, -0.15) is 0 Å². The topological polar surface area (TPSA) is 0 Å². The van der Waals surface area contributed by atoms with Gasteiger partial charge in [-0.3, -0.25) is 0 Å². The molecule has 0 radical (unpaired) electrons. The molecule has 1 rings (SSSR count). The summed E-state index contributed by atoms with van der Waals surface area (Å²) >= 11 is 0. The molecule has 1 aliphatic rings. The van der Waals surface area contributed by atoms with Crippen LogP contribution in [0.3, 0.4) is 0 Å². The first kappa shape index (κ1) is 8.32. The van der Waals surface area contributed by atoms with Crippen molar-refractivity contribution in [3.05, 3.63) is 35.5 Å². The van der Waals surface area contributed by atoms with Gasteiger partial charge in [-0.05, 0) is 44.3 Å². The van der Waals surface area contributed by atoms with E-state index in [1.165, 1.54) is 36.0 Å². The van der Waals surface area contributed by atoms with Gasteiger partial charge in [0, 0.05) is 0 Å². The van der Waals surface area contributed by atoms with Gasteiger partial charge in [-0.1, -0.05) is 24.3 Å². The van der Waals surface area contributed by atoms with Gasteiger partial charge in [0.1, 0.15) is 0 Å². The molecule has 0 nitrogen and oxygen atoms in total. The van der Waals surface area contributed by atoms with Crippen molar-refractivity contribution in [2.24, 2.45) is 0 Å². The van der Waals surface area contributed by atoms with Crippen LogP contribution >= 0.6 is 0 Å². The fraction of sp³-hybridized carbons (Fsp3) is 0.455. The summed E-state index contributed by atoms with van der Waals surface area (Å²) in [6.45, 7) is 8.10. The van der Waals surface area contributed by atoms with Crippen LogP contribution in [0, 0.1) is 0 Å².